The third-order valence-electron chi connectivity index (χ3n) is 3.83. The summed E-state index contributed by atoms with van der Waals surface area (Å²) in [4.78, 5) is 19.0. The van der Waals surface area contributed by atoms with Crippen molar-refractivity contribution in [2.24, 2.45) is 0 Å². The van der Waals surface area contributed by atoms with Crippen LogP contribution in [0.4, 0.5) is 10.8 Å². The van der Waals surface area contributed by atoms with E-state index >= 15 is 0 Å². The molecule has 2 unspecified atom stereocenters. The van der Waals surface area contributed by atoms with Crippen LogP contribution in [-0.4, -0.2) is 41.1 Å². The zero-order chi connectivity index (χ0) is 17.1. The van der Waals surface area contributed by atoms with Gasteiger partial charge < -0.3 is 10.5 Å². The van der Waals surface area contributed by atoms with Gasteiger partial charge in [-0.1, -0.05) is 0 Å². The normalized spacial score (nSPS) is 20.7. The van der Waals surface area contributed by atoms with Crippen molar-refractivity contribution in [2.45, 2.75) is 32.6 Å². The molecule has 1 saturated heterocycles. The monoisotopic (exact) mass is 382 g/mol. The van der Waals surface area contributed by atoms with Gasteiger partial charge in [-0.2, -0.15) is 0 Å². The van der Waals surface area contributed by atoms with Gasteiger partial charge in [0.2, 0.25) is 0 Å². The molecule has 2 heterocycles. The highest BCUT2D eigenvalue weighted by Gasteiger charge is 2.22. The first-order valence-corrected chi connectivity index (χ1v) is 8.86. The number of hydrogen-bond acceptors (Lipinski definition) is 6. The van der Waals surface area contributed by atoms with E-state index in [0.29, 0.717) is 16.4 Å². The number of ether oxygens (including phenoxy) is 1. The van der Waals surface area contributed by atoms with Crippen molar-refractivity contribution in [1.82, 2.24) is 9.88 Å². The van der Waals surface area contributed by atoms with Gasteiger partial charge in [0.1, 0.15) is 0 Å². The molecule has 25 heavy (non-hydrogen) atoms. The van der Waals surface area contributed by atoms with Crippen molar-refractivity contribution in [1.29, 1.82) is 0 Å². The van der Waals surface area contributed by atoms with E-state index in [1.807, 2.05) is 5.38 Å². The lowest BCUT2D eigenvalue weighted by Crippen LogP contribution is -2.44. The van der Waals surface area contributed by atoms with Gasteiger partial charge in [-0.05, 0) is 38.1 Å². The Hall–Kier alpha value is -1.67. The maximum atomic E-state index is 12.2. The molecule has 3 N–H and O–H groups in total. The minimum absolute atomic E-state index is 0. The van der Waals surface area contributed by atoms with E-state index in [9.17, 15) is 4.79 Å². The Morgan fingerprint density at radius 3 is 2.60 bits per heavy atom. The zero-order valence-electron chi connectivity index (χ0n) is 14.3. The fraction of sp³-hybridized carbons (Fsp3) is 0.412. The summed E-state index contributed by atoms with van der Waals surface area (Å²) >= 11 is 1.44. The first-order valence-electron chi connectivity index (χ1n) is 7.98. The van der Waals surface area contributed by atoms with Crippen LogP contribution in [0.15, 0.2) is 29.6 Å². The van der Waals surface area contributed by atoms with E-state index in [4.69, 9.17) is 10.5 Å². The molecule has 0 spiro atoms. The van der Waals surface area contributed by atoms with Crippen LogP contribution in [0, 0.1) is 0 Å². The van der Waals surface area contributed by atoms with Gasteiger partial charge in [0.05, 0.1) is 17.9 Å². The van der Waals surface area contributed by atoms with Crippen LogP contribution in [0.2, 0.25) is 0 Å². The smallest absolute Gasteiger partial charge is 0.257 e. The van der Waals surface area contributed by atoms with Crippen molar-refractivity contribution in [3.8, 4) is 0 Å². The van der Waals surface area contributed by atoms with Gasteiger partial charge in [0.15, 0.2) is 5.13 Å². The summed E-state index contributed by atoms with van der Waals surface area (Å²) in [5.41, 5.74) is 7.80. The summed E-state index contributed by atoms with van der Waals surface area (Å²) in [6.07, 6.45) is 0.467. The molecule has 6 nitrogen and oxygen atoms in total. The lowest BCUT2D eigenvalue weighted by atomic mass is 10.2. The first kappa shape index (κ1) is 19.7. The number of nitrogens with one attached hydrogen (secondary N) is 1. The second-order valence-corrected chi connectivity index (χ2v) is 7.03. The molecular formula is C17H23ClN4O2S. The molecule has 1 aliphatic heterocycles. The molecule has 1 aliphatic rings. The number of rotatable bonds is 4. The maximum Gasteiger partial charge on any atom is 0.257 e. The molecule has 2 aromatic rings. The van der Waals surface area contributed by atoms with Crippen LogP contribution >= 0.6 is 23.7 Å². The van der Waals surface area contributed by atoms with Crippen molar-refractivity contribution in [2.75, 3.05) is 24.1 Å². The Morgan fingerprint density at radius 2 is 1.96 bits per heavy atom. The topological polar surface area (TPSA) is 80.5 Å². The molecule has 136 valence electrons. The van der Waals surface area contributed by atoms with Gasteiger partial charge in [0.25, 0.3) is 5.91 Å². The third-order valence-corrected chi connectivity index (χ3v) is 4.63. The quantitative estimate of drug-likeness (QED) is 0.794. The molecular weight excluding hydrogens is 360 g/mol. The van der Waals surface area contributed by atoms with Crippen molar-refractivity contribution in [3.05, 3.63) is 40.9 Å². The summed E-state index contributed by atoms with van der Waals surface area (Å²) in [5.74, 6) is -0.176. The Morgan fingerprint density at radius 1 is 1.32 bits per heavy atom. The second kappa shape index (κ2) is 8.62. The first-order chi connectivity index (χ1) is 11.5. The lowest BCUT2D eigenvalue weighted by molar-refractivity contribution is -0.0707. The fourth-order valence-electron chi connectivity index (χ4n) is 2.88. The molecule has 0 saturated carbocycles. The van der Waals surface area contributed by atoms with Gasteiger partial charge in [-0.3, -0.25) is 15.0 Å². The minimum Gasteiger partial charge on any atom is -0.399 e. The highest BCUT2D eigenvalue weighted by atomic mass is 35.5. The predicted molar refractivity (Wildman–Crippen MR) is 103 cm³/mol. The number of thiazole rings is 1. The molecule has 0 aliphatic carbocycles. The molecule has 2 atom stereocenters. The number of anilines is 2. The van der Waals surface area contributed by atoms with E-state index in [1.54, 1.807) is 24.3 Å². The summed E-state index contributed by atoms with van der Waals surface area (Å²) in [7, 11) is 0. The van der Waals surface area contributed by atoms with Crippen molar-refractivity contribution < 1.29 is 9.53 Å². The maximum absolute atomic E-state index is 12.2. The van der Waals surface area contributed by atoms with Gasteiger partial charge in [0, 0.05) is 36.3 Å². The van der Waals surface area contributed by atoms with Crippen LogP contribution < -0.4 is 11.1 Å². The molecule has 0 bridgehead atoms. The van der Waals surface area contributed by atoms with Crippen molar-refractivity contribution >= 4 is 40.5 Å². The van der Waals surface area contributed by atoms with E-state index in [1.165, 1.54) is 11.3 Å². The summed E-state index contributed by atoms with van der Waals surface area (Å²) in [6.45, 7) is 6.74. The molecule has 1 aromatic heterocycles. The molecule has 8 heteroatoms. The number of nitrogen functional groups attached to an aromatic ring is 1. The average molecular weight is 383 g/mol. The zero-order valence-corrected chi connectivity index (χ0v) is 15.9. The van der Waals surface area contributed by atoms with Crippen LogP contribution in [0.5, 0.6) is 0 Å². The number of amides is 1. The molecule has 1 aromatic carbocycles. The van der Waals surface area contributed by atoms with Gasteiger partial charge in [-0.15, -0.1) is 23.7 Å². The van der Waals surface area contributed by atoms with Gasteiger partial charge in [-0.25, -0.2) is 4.98 Å². The van der Waals surface area contributed by atoms with Gasteiger partial charge >= 0.3 is 0 Å². The lowest BCUT2D eigenvalue weighted by Gasteiger charge is -2.34. The van der Waals surface area contributed by atoms with Crippen LogP contribution in [0.3, 0.4) is 0 Å². The van der Waals surface area contributed by atoms with Crippen LogP contribution in [0.25, 0.3) is 0 Å². The number of carbonyl (C=O) groups is 1. The Kier molecular flexibility index (Phi) is 6.78. The number of halogens is 1. The number of nitrogens with zero attached hydrogens (tertiary/aromatic N) is 2. The molecule has 1 fully saturated rings. The van der Waals surface area contributed by atoms with Crippen molar-refractivity contribution in [3.63, 3.8) is 0 Å². The highest BCUT2D eigenvalue weighted by molar-refractivity contribution is 7.13. The Labute approximate surface area is 157 Å². The van der Waals surface area contributed by atoms with E-state index in [-0.39, 0.29) is 30.5 Å². The number of benzene rings is 1. The Bertz CT molecular complexity index is 697. The second-order valence-electron chi connectivity index (χ2n) is 6.17. The SMILES string of the molecule is CC1CN(Cc2csc(NC(=O)c3ccc(N)cc3)n2)CC(C)O1.Cl. The number of nitrogens with two attached hydrogens (primary N) is 1. The molecule has 3 rings (SSSR count). The Balaban J connectivity index is 0.00000225. The average Bonchev–Trinajstić information content (AvgIpc) is 2.93. The number of carbonyl (C=O) groups excluding carboxylic acids is 1. The largest absolute Gasteiger partial charge is 0.399 e. The highest BCUT2D eigenvalue weighted by Crippen LogP contribution is 2.20. The summed E-state index contributed by atoms with van der Waals surface area (Å²) < 4.78 is 5.74. The molecule has 0 radical (unpaired) electrons. The minimum atomic E-state index is -0.176. The number of hydrogen-bond donors (Lipinski definition) is 2. The van der Waals surface area contributed by atoms with E-state index in [2.05, 4.69) is 29.0 Å². The van der Waals surface area contributed by atoms with E-state index in [0.717, 1.165) is 25.3 Å². The third kappa shape index (κ3) is 5.40. The van der Waals surface area contributed by atoms with E-state index < -0.39 is 0 Å². The van der Waals surface area contributed by atoms with Crippen LogP contribution in [-0.2, 0) is 11.3 Å². The fourth-order valence-corrected chi connectivity index (χ4v) is 3.58. The number of morpholine rings is 1. The standard InChI is InChI=1S/C17H22N4O2S.ClH/c1-11-7-21(8-12(2)23-11)9-15-10-24-17(19-15)20-16(22)13-3-5-14(18)6-4-13;/h3-6,10-12H,7-9,18H2,1-2H3,(H,19,20,22);1H. The number of aromatic nitrogens is 1. The summed E-state index contributed by atoms with van der Waals surface area (Å²) in [5, 5.41) is 5.44. The molecule has 1 amide bonds. The predicted octanol–water partition coefficient (Wildman–Crippen LogP) is 3.01. The summed E-state index contributed by atoms with van der Waals surface area (Å²) in [6, 6.07) is 6.83. The van der Waals surface area contributed by atoms with Crippen LogP contribution in [0.1, 0.15) is 29.9 Å².